The van der Waals surface area contributed by atoms with E-state index in [0.717, 1.165) is 12.8 Å². The first-order valence-corrected chi connectivity index (χ1v) is 4.57. The number of unbranched alkanes of at least 4 members (excludes halogenated alkanes) is 1. The van der Waals surface area contributed by atoms with Crippen LogP contribution in [-0.2, 0) is 9.53 Å². The molecule has 3 nitrogen and oxygen atoms in total. The van der Waals surface area contributed by atoms with Crippen molar-refractivity contribution in [3.63, 3.8) is 0 Å². The van der Waals surface area contributed by atoms with Crippen molar-refractivity contribution in [3.05, 3.63) is 12.7 Å². The average Bonchev–Trinajstić information content (AvgIpc) is 2.10. The molecule has 76 valence electrons. The Morgan fingerprint density at radius 3 is 2.69 bits per heavy atom. The molecule has 0 unspecified atom stereocenters. The highest BCUT2D eigenvalue weighted by Crippen LogP contribution is 1.98. The summed E-state index contributed by atoms with van der Waals surface area (Å²) in [7, 11) is 3.55. The Bertz CT molecular complexity index is 155. The average molecular weight is 185 g/mol. The fraction of sp³-hybridized carbons (Fsp3) is 0.700. The normalized spacial score (nSPS) is 9.69. The third kappa shape index (κ3) is 7.53. The van der Waals surface area contributed by atoms with Crippen LogP contribution in [-0.4, -0.2) is 38.1 Å². The van der Waals surface area contributed by atoms with Gasteiger partial charge in [0.2, 0.25) is 5.91 Å². The number of amides is 1. The van der Waals surface area contributed by atoms with Crippen LogP contribution in [0, 0.1) is 0 Å². The Morgan fingerprint density at radius 2 is 2.15 bits per heavy atom. The standard InChI is InChI=1S/C10H19NO2/c1-4-8-13-9-6-5-7-10(12)11(2)3/h4H,1,5-9H2,2-3H3. The number of carbonyl (C=O) groups is 1. The molecule has 0 spiro atoms. The molecule has 0 aromatic heterocycles. The Hall–Kier alpha value is -0.830. The van der Waals surface area contributed by atoms with Crippen LogP contribution in [0.15, 0.2) is 12.7 Å². The summed E-state index contributed by atoms with van der Waals surface area (Å²) in [5.41, 5.74) is 0. The topological polar surface area (TPSA) is 29.5 Å². The minimum Gasteiger partial charge on any atom is -0.377 e. The Morgan fingerprint density at radius 1 is 1.46 bits per heavy atom. The highest BCUT2D eigenvalue weighted by atomic mass is 16.5. The van der Waals surface area contributed by atoms with Crippen molar-refractivity contribution in [2.75, 3.05) is 27.3 Å². The number of rotatable bonds is 7. The van der Waals surface area contributed by atoms with Crippen molar-refractivity contribution in [1.29, 1.82) is 0 Å². The lowest BCUT2D eigenvalue weighted by Gasteiger charge is -2.09. The summed E-state index contributed by atoms with van der Waals surface area (Å²) in [6.07, 6.45) is 4.18. The van der Waals surface area contributed by atoms with Gasteiger partial charge in [0.05, 0.1) is 6.61 Å². The van der Waals surface area contributed by atoms with E-state index in [0.29, 0.717) is 19.6 Å². The fourth-order valence-electron chi connectivity index (χ4n) is 0.871. The molecule has 0 aliphatic rings. The maximum atomic E-state index is 11.1. The van der Waals surface area contributed by atoms with Gasteiger partial charge in [-0.3, -0.25) is 4.79 Å². The molecule has 0 aromatic carbocycles. The van der Waals surface area contributed by atoms with E-state index >= 15 is 0 Å². The summed E-state index contributed by atoms with van der Waals surface area (Å²) in [5.74, 6) is 0.184. The highest BCUT2D eigenvalue weighted by Gasteiger charge is 2.01. The van der Waals surface area contributed by atoms with E-state index in [1.165, 1.54) is 0 Å². The van der Waals surface area contributed by atoms with Crippen LogP contribution in [0.25, 0.3) is 0 Å². The second kappa shape index (κ2) is 7.80. The summed E-state index contributed by atoms with van der Waals surface area (Å²) in [6.45, 7) is 4.86. The molecule has 0 aliphatic carbocycles. The monoisotopic (exact) mass is 185 g/mol. The van der Waals surface area contributed by atoms with Gasteiger partial charge in [0.25, 0.3) is 0 Å². The largest absolute Gasteiger partial charge is 0.377 e. The molecule has 0 bridgehead atoms. The molecule has 0 saturated heterocycles. The molecular formula is C10H19NO2. The minimum absolute atomic E-state index is 0.184. The maximum Gasteiger partial charge on any atom is 0.222 e. The zero-order valence-corrected chi connectivity index (χ0v) is 8.58. The highest BCUT2D eigenvalue weighted by molar-refractivity contribution is 5.75. The van der Waals surface area contributed by atoms with Gasteiger partial charge < -0.3 is 9.64 Å². The van der Waals surface area contributed by atoms with Gasteiger partial charge in [-0.25, -0.2) is 0 Å². The molecule has 0 N–H and O–H groups in total. The molecule has 0 atom stereocenters. The zero-order valence-electron chi connectivity index (χ0n) is 8.58. The van der Waals surface area contributed by atoms with Gasteiger partial charge in [0, 0.05) is 27.1 Å². The molecule has 0 aliphatic heterocycles. The molecule has 0 fully saturated rings. The minimum atomic E-state index is 0.184. The molecule has 0 rings (SSSR count). The summed E-state index contributed by atoms with van der Waals surface area (Å²) in [4.78, 5) is 12.7. The summed E-state index contributed by atoms with van der Waals surface area (Å²) < 4.78 is 5.18. The Labute approximate surface area is 80.4 Å². The van der Waals surface area contributed by atoms with E-state index in [1.807, 2.05) is 0 Å². The van der Waals surface area contributed by atoms with Crippen LogP contribution in [0.4, 0.5) is 0 Å². The van der Waals surface area contributed by atoms with Crippen LogP contribution in [0.3, 0.4) is 0 Å². The zero-order chi connectivity index (χ0) is 10.1. The Kier molecular flexibility index (Phi) is 7.30. The van der Waals surface area contributed by atoms with E-state index in [1.54, 1.807) is 25.1 Å². The lowest BCUT2D eigenvalue weighted by atomic mass is 10.2. The van der Waals surface area contributed by atoms with Gasteiger partial charge in [-0.1, -0.05) is 6.08 Å². The van der Waals surface area contributed by atoms with E-state index < -0.39 is 0 Å². The molecule has 3 heteroatoms. The second-order valence-electron chi connectivity index (χ2n) is 3.11. The second-order valence-corrected chi connectivity index (χ2v) is 3.11. The van der Waals surface area contributed by atoms with Crippen LogP contribution < -0.4 is 0 Å². The smallest absolute Gasteiger partial charge is 0.222 e. The molecule has 0 heterocycles. The van der Waals surface area contributed by atoms with Crippen LogP contribution >= 0.6 is 0 Å². The lowest BCUT2D eigenvalue weighted by molar-refractivity contribution is -0.128. The van der Waals surface area contributed by atoms with Gasteiger partial charge in [0.1, 0.15) is 0 Å². The quantitative estimate of drug-likeness (QED) is 0.444. The molecule has 0 radical (unpaired) electrons. The van der Waals surface area contributed by atoms with Crippen LogP contribution in [0.1, 0.15) is 19.3 Å². The number of hydrogen-bond donors (Lipinski definition) is 0. The first-order valence-electron chi connectivity index (χ1n) is 4.57. The van der Waals surface area contributed by atoms with Crippen LogP contribution in [0.2, 0.25) is 0 Å². The molecule has 0 saturated carbocycles. The van der Waals surface area contributed by atoms with E-state index in [2.05, 4.69) is 6.58 Å². The molecular weight excluding hydrogens is 166 g/mol. The number of nitrogens with zero attached hydrogens (tertiary/aromatic N) is 1. The van der Waals surface area contributed by atoms with E-state index in [-0.39, 0.29) is 5.91 Å². The fourth-order valence-corrected chi connectivity index (χ4v) is 0.871. The van der Waals surface area contributed by atoms with E-state index in [9.17, 15) is 4.79 Å². The van der Waals surface area contributed by atoms with Crippen molar-refractivity contribution in [2.45, 2.75) is 19.3 Å². The first kappa shape index (κ1) is 12.2. The first-order chi connectivity index (χ1) is 6.18. The third-order valence-corrected chi connectivity index (χ3v) is 1.66. The van der Waals surface area contributed by atoms with Crippen molar-refractivity contribution in [3.8, 4) is 0 Å². The van der Waals surface area contributed by atoms with Crippen molar-refractivity contribution < 1.29 is 9.53 Å². The van der Waals surface area contributed by atoms with Gasteiger partial charge in [-0.2, -0.15) is 0 Å². The SMILES string of the molecule is C=CCOCCCCC(=O)N(C)C. The van der Waals surface area contributed by atoms with E-state index in [4.69, 9.17) is 4.74 Å². The van der Waals surface area contributed by atoms with Gasteiger partial charge in [-0.15, -0.1) is 6.58 Å². The van der Waals surface area contributed by atoms with Crippen molar-refractivity contribution in [2.24, 2.45) is 0 Å². The van der Waals surface area contributed by atoms with Crippen molar-refractivity contribution in [1.82, 2.24) is 4.90 Å². The number of ether oxygens (including phenoxy) is 1. The summed E-state index contributed by atoms with van der Waals surface area (Å²) in [5, 5.41) is 0. The number of hydrogen-bond acceptors (Lipinski definition) is 2. The summed E-state index contributed by atoms with van der Waals surface area (Å²) in [6, 6.07) is 0. The predicted octanol–water partition coefficient (Wildman–Crippen LogP) is 1.45. The Balaban J connectivity index is 3.16. The van der Waals surface area contributed by atoms with Gasteiger partial charge in [0.15, 0.2) is 0 Å². The van der Waals surface area contributed by atoms with Crippen molar-refractivity contribution >= 4 is 5.91 Å². The molecule has 1 amide bonds. The predicted molar refractivity (Wildman–Crippen MR) is 53.6 cm³/mol. The maximum absolute atomic E-state index is 11.1. The lowest BCUT2D eigenvalue weighted by Crippen LogP contribution is -2.21. The van der Waals surface area contributed by atoms with Gasteiger partial charge >= 0.3 is 0 Å². The van der Waals surface area contributed by atoms with Crippen LogP contribution in [0.5, 0.6) is 0 Å². The molecule has 0 aromatic rings. The van der Waals surface area contributed by atoms with Gasteiger partial charge in [-0.05, 0) is 12.8 Å². The summed E-state index contributed by atoms with van der Waals surface area (Å²) >= 11 is 0. The third-order valence-electron chi connectivity index (χ3n) is 1.66. The number of carbonyl (C=O) groups excluding carboxylic acids is 1. The molecule has 13 heavy (non-hydrogen) atoms.